The monoisotopic (exact) mass is 170 g/mol. The Bertz CT molecular complexity index is 204. The fourth-order valence-corrected chi connectivity index (χ4v) is 3.32. The van der Waals surface area contributed by atoms with Crippen LogP contribution in [0, 0.1) is 16.7 Å². The number of aliphatic hydroxyl groups excluding tert-OH is 2. The van der Waals surface area contributed by atoms with E-state index in [0.717, 1.165) is 12.8 Å². The van der Waals surface area contributed by atoms with E-state index < -0.39 is 0 Å². The molecule has 0 spiro atoms. The Morgan fingerprint density at radius 1 is 1.42 bits per heavy atom. The van der Waals surface area contributed by atoms with Crippen LogP contribution in [-0.2, 0) is 0 Å². The molecule has 2 fully saturated rings. The first-order valence-corrected chi connectivity index (χ1v) is 4.82. The van der Waals surface area contributed by atoms with Crippen molar-refractivity contribution < 1.29 is 10.2 Å². The van der Waals surface area contributed by atoms with E-state index in [1.165, 1.54) is 6.42 Å². The van der Waals surface area contributed by atoms with Gasteiger partial charge in [-0.3, -0.25) is 0 Å². The molecule has 12 heavy (non-hydrogen) atoms. The molecule has 2 heteroatoms. The highest BCUT2D eigenvalue weighted by molar-refractivity contribution is 5.10. The zero-order valence-corrected chi connectivity index (χ0v) is 7.88. The molecule has 0 amide bonds. The third-order valence-electron chi connectivity index (χ3n) is 4.33. The maximum absolute atomic E-state index is 10.0. The fourth-order valence-electron chi connectivity index (χ4n) is 3.32. The molecular formula is C10H18O2. The first-order chi connectivity index (χ1) is 5.53. The summed E-state index contributed by atoms with van der Waals surface area (Å²) in [4.78, 5) is 0. The Morgan fingerprint density at radius 3 is 2.42 bits per heavy atom. The van der Waals surface area contributed by atoms with E-state index in [1.54, 1.807) is 0 Å². The van der Waals surface area contributed by atoms with Gasteiger partial charge in [0.15, 0.2) is 0 Å². The Balaban J connectivity index is 2.31. The lowest BCUT2D eigenvalue weighted by Gasteiger charge is -2.40. The summed E-state index contributed by atoms with van der Waals surface area (Å²) in [7, 11) is 0. The number of hydrogen-bond donors (Lipinski definition) is 2. The zero-order chi connectivity index (χ0) is 8.98. The van der Waals surface area contributed by atoms with Crippen molar-refractivity contribution in [2.24, 2.45) is 16.7 Å². The highest BCUT2D eigenvalue weighted by Crippen LogP contribution is 2.62. The topological polar surface area (TPSA) is 40.5 Å². The van der Waals surface area contributed by atoms with Crippen LogP contribution in [0.5, 0.6) is 0 Å². The number of fused-ring (bicyclic) bond motifs is 2. The normalized spacial score (nSPS) is 58.0. The lowest BCUT2D eigenvalue weighted by molar-refractivity contribution is -0.0704. The second-order valence-electron chi connectivity index (χ2n) is 5.16. The average Bonchev–Trinajstić information content (AvgIpc) is 2.52. The molecule has 0 aliphatic heterocycles. The van der Waals surface area contributed by atoms with Crippen molar-refractivity contribution in [2.45, 2.75) is 39.2 Å². The molecule has 0 heterocycles. The van der Waals surface area contributed by atoms with Crippen molar-refractivity contribution in [2.75, 3.05) is 6.61 Å². The minimum Gasteiger partial charge on any atom is -0.396 e. The Morgan fingerprint density at radius 2 is 2.08 bits per heavy atom. The van der Waals surface area contributed by atoms with Gasteiger partial charge in [-0.25, -0.2) is 0 Å². The molecule has 2 aliphatic rings. The molecule has 2 aliphatic carbocycles. The SMILES string of the molecule is C[C@@]12CC[C@@H](C1)[C@](C)(CO)[C@@H]2O. The van der Waals surface area contributed by atoms with Gasteiger partial charge in [-0.1, -0.05) is 13.8 Å². The minimum absolute atomic E-state index is 0.0994. The van der Waals surface area contributed by atoms with Crippen LogP contribution in [0.15, 0.2) is 0 Å². The third-order valence-corrected chi connectivity index (χ3v) is 4.33. The van der Waals surface area contributed by atoms with Gasteiger partial charge in [0.25, 0.3) is 0 Å². The highest BCUT2D eigenvalue weighted by Gasteiger charge is 2.60. The molecule has 0 aromatic heterocycles. The largest absolute Gasteiger partial charge is 0.396 e. The van der Waals surface area contributed by atoms with Gasteiger partial charge in [-0.2, -0.15) is 0 Å². The van der Waals surface area contributed by atoms with Gasteiger partial charge < -0.3 is 10.2 Å². The van der Waals surface area contributed by atoms with Crippen molar-refractivity contribution in [3.8, 4) is 0 Å². The van der Waals surface area contributed by atoms with Crippen LogP contribution in [0.2, 0.25) is 0 Å². The van der Waals surface area contributed by atoms with E-state index in [0.29, 0.717) is 5.92 Å². The quantitative estimate of drug-likeness (QED) is 0.620. The first kappa shape index (κ1) is 8.52. The molecule has 2 bridgehead atoms. The minimum atomic E-state index is -0.297. The van der Waals surface area contributed by atoms with E-state index in [-0.39, 0.29) is 23.5 Å². The van der Waals surface area contributed by atoms with Crippen molar-refractivity contribution in [3.05, 3.63) is 0 Å². The second-order valence-corrected chi connectivity index (χ2v) is 5.16. The Kier molecular flexibility index (Phi) is 1.59. The molecule has 70 valence electrons. The van der Waals surface area contributed by atoms with E-state index in [9.17, 15) is 10.2 Å². The smallest absolute Gasteiger partial charge is 0.0671 e. The lowest BCUT2D eigenvalue weighted by atomic mass is 9.69. The molecule has 0 radical (unpaired) electrons. The first-order valence-electron chi connectivity index (χ1n) is 4.82. The molecule has 0 aromatic rings. The second kappa shape index (κ2) is 2.24. The summed E-state index contributed by atoms with van der Waals surface area (Å²) in [5.74, 6) is 0.544. The van der Waals surface area contributed by atoms with E-state index in [1.807, 2.05) is 6.92 Å². The molecule has 2 N–H and O–H groups in total. The van der Waals surface area contributed by atoms with Crippen LogP contribution >= 0.6 is 0 Å². The third kappa shape index (κ3) is 0.775. The van der Waals surface area contributed by atoms with Crippen LogP contribution in [0.1, 0.15) is 33.1 Å². The van der Waals surface area contributed by atoms with Gasteiger partial charge in [0.1, 0.15) is 0 Å². The summed E-state index contributed by atoms with van der Waals surface area (Å²) < 4.78 is 0. The van der Waals surface area contributed by atoms with Crippen molar-refractivity contribution in [1.29, 1.82) is 0 Å². The Hall–Kier alpha value is -0.0800. The van der Waals surface area contributed by atoms with Crippen LogP contribution in [0.3, 0.4) is 0 Å². The van der Waals surface area contributed by atoms with Crippen LogP contribution in [-0.4, -0.2) is 22.9 Å². The van der Waals surface area contributed by atoms with Crippen molar-refractivity contribution in [3.63, 3.8) is 0 Å². The summed E-state index contributed by atoms with van der Waals surface area (Å²) >= 11 is 0. The van der Waals surface area contributed by atoms with E-state index in [2.05, 4.69) is 6.92 Å². The summed E-state index contributed by atoms with van der Waals surface area (Å²) in [5.41, 5.74) is -0.116. The van der Waals surface area contributed by atoms with Gasteiger partial charge in [-0.05, 0) is 30.6 Å². The van der Waals surface area contributed by atoms with Gasteiger partial charge in [0.05, 0.1) is 12.7 Å². The predicted octanol–water partition coefficient (Wildman–Crippen LogP) is 1.17. The lowest BCUT2D eigenvalue weighted by Crippen LogP contribution is -2.44. The molecule has 0 unspecified atom stereocenters. The van der Waals surface area contributed by atoms with Crippen LogP contribution in [0.25, 0.3) is 0 Å². The summed E-state index contributed by atoms with van der Waals surface area (Å²) in [6, 6.07) is 0. The molecular weight excluding hydrogens is 152 g/mol. The predicted molar refractivity (Wildman–Crippen MR) is 46.6 cm³/mol. The molecule has 2 saturated carbocycles. The number of aliphatic hydroxyl groups is 2. The molecule has 0 aromatic carbocycles. The van der Waals surface area contributed by atoms with Gasteiger partial charge in [-0.15, -0.1) is 0 Å². The van der Waals surface area contributed by atoms with Crippen molar-refractivity contribution in [1.82, 2.24) is 0 Å². The summed E-state index contributed by atoms with van der Waals surface area (Å²) in [6.45, 7) is 4.31. The maximum atomic E-state index is 10.0. The van der Waals surface area contributed by atoms with Gasteiger partial charge in [0, 0.05) is 5.41 Å². The number of hydrogen-bond acceptors (Lipinski definition) is 2. The molecule has 4 atom stereocenters. The fraction of sp³-hybridized carbons (Fsp3) is 1.00. The summed E-state index contributed by atoms with van der Waals surface area (Å²) in [5, 5.41) is 19.3. The van der Waals surface area contributed by atoms with Crippen LogP contribution in [0.4, 0.5) is 0 Å². The molecule has 2 rings (SSSR count). The maximum Gasteiger partial charge on any atom is 0.0671 e. The Labute approximate surface area is 73.6 Å². The highest BCUT2D eigenvalue weighted by atomic mass is 16.3. The van der Waals surface area contributed by atoms with E-state index in [4.69, 9.17) is 0 Å². The summed E-state index contributed by atoms with van der Waals surface area (Å²) in [6.07, 6.45) is 3.12. The van der Waals surface area contributed by atoms with E-state index >= 15 is 0 Å². The van der Waals surface area contributed by atoms with Gasteiger partial charge in [0.2, 0.25) is 0 Å². The van der Waals surface area contributed by atoms with Crippen LogP contribution < -0.4 is 0 Å². The zero-order valence-electron chi connectivity index (χ0n) is 7.88. The number of rotatable bonds is 1. The standard InChI is InChI=1S/C10H18O2/c1-9-4-3-7(5-9)10(2,6-11)8(9)12/h7-8,11-12H,3-6H2,1-2H3/t7-,8+,9+,10-/m0/s1. The van der Waals surface area contributed by atoms with Gasteiger partial charge >= 0.3 is 0 Å². The molecule has 2 nitrogen and oxygen atoms in total. The average molecular weight is 170 g/mol. The van der Waals surface area contributed by atoms with Crippen molar-refractivity contribution >= 4 is 0 Å². The molecule has 0 saturated heterocycles.